The third kappa shape index (κ3) is 2.79. The number of nitrogens with zero attached hydrogens (tertiary/aromatic N) is 1. The monoisotopic (exact) mass is 326 g/mol. The zero-order valence-corrected chi connectivity index (χ0v) is 12.8. The van der Waals surface area contributed by atoms with Crippen LogP contribution < -0.4 is 5.32 Å². The minimum Gasteiger partial charge on any atom is -0.478 e. The highest BCUT2D eigenvalue weighted by atomic mass is 16.4. The van der Waals surface area contributed by atoms with Crippen LogP contribution in [0.5, 0.6) is 0 Å². The van der Waals surface area contributed by atoms with E-state index in [2.05, 4.69) is 5.32 Å². The van der Waals surface area contributed by atoms with Gasteiger partial charge in [0.2, 0.25) is 0 Å². The standard InChI is InChI=1S/C17H14N2O5/c1-2-19-15(20)13(18-17(19)23)9-12-7-8-14(24-12)10-3-5-11(6-4-10)16(21)22/h3-9H,2H2,1H3,(H,18,23)(H,21,22). The molecule has 0 saturated carbocycles. The summed E-state index contributed by atoms with van der Waals surface area (Å²) in [5.74, 6) is -0.453. The van der Waals surface area contributed by atoms with E-state index in [4.69, 9.17) is 9.52 Å². The molecule has 2 N–H and O–H groups in total. The molecule has 2 aromatic rings. The average molecular weight is 326 g/mol. The van der Waals surface area contributed by atoms with E-state index in [-0.39, 0.29) is 11.3 Å². The predicted octanol–water partition coefficient (Wildman–Crippen LogP) is 2.56. The van der Waals surface area contributed by atoms with Crippen molar-refractivity contribution < 1.29 is 23.9 Å². The van der Waals surface area contributed by atoms with Crippen molar-refractivity contribution >= 4 is 24.0 Å². The second-order valence-corrected chi connectivity index (χ2v) is 5.12. The Hall–Kier alpha value is -3.35. The molecule has 122 valence electrons. The molecule has 3 rings (SSSR count). The lowest BCUT2D eigenvalue weighted by molar-refractivity contribution is -0.122. The number of amides is 3. The predicted molar refractivity (Wildman–Crippen MR) is 85.0 cm³/mol. The lowest BCUT2D eigenvalue weighted by atomic mass is 10.1. The van der Waals surface area contributed by atoms with Gasteiger partial charge < -0.3 is 14.8 Å². The van der Waals surface area contributed by atoms with Crippen molar-refractivity contribution in [1.82, 2.24) is 10.2 Å². The number of furan rings is 1. The SMILES string of the molecule is CCN1C(=O)NC(=Cc2ccc(-c3ccc(C(=O)O)cc3)o2)C1=O. The van der Waals surface area contributed by atoms with Gasteiger partial charge in [-0.2, -0.15) is 0 Å². The number of carboxylic acid groups (broad SMARTS) is 1. The fourth-order valence-corrected chi connectivity index (χ4v) is 2.36. The maximum atomic E-state index is 12.0. The molecule has 2 heterocycles. The van der Waals surface area contributed by atoms with Crippen LogP contribution in [0.15, 0.2) is 46.5 Å². The van der Waals surface area contributed by atoms with Gasteiger partial charge in [-0.15, -0.1) is 0 Å². The largest absolute Gasteiger partial charge is 0.478 e. The molecule has 24 heavy (non-hydrogen) atoms. The Morgan fingerprint density at radius 2 is 1.92 bits per heavy atom. The van der Waals surface area contributed by atoms with Crippen molar-refractivity contribution in [2.75, 3.05) is 6.54 Å². The molecular weight excluding hydrogens is 312 g/mol. The molecule has 1 aromatic carbocycles. The normalized spacial score (nSPS) is 15.9. The zero-order valence-electron chi connectivity index (χ0n) is 12.8. The number of benzene rings is 1. The Kier molecular flexibility index (Phi) is 3.91. The molecule has 0 radical (unpaired) electrons. The van der Waals surface area contributed by atoms with E-state index < -0.39 is 17.9 Å². The maximum Gasteiger partial charge on any atom is 0.335 e. The van der Waals surface area contributed by atoms with E-state index in [1.807, 2.05) is 0 Å². The molecule has 0 bridgehead atoms. The Bertz CT molecular complexity index is 848. The number of hydrogen-bond donors (Lipinski definition) is 2. The molecule has 0 unspecified atom stereocenters. The second-order valence-electron chi connectivity index (χ2n) is 5.12. The van der Waals surface area contributed by atoms with Gasteiger partial charge in [0.25, 0.3) is 5.91 Å². The molecule has 7 nitrogen and oxygen atoms in total. The molecule has 0 atom stereocenters. The average Bonchev–Trinajstić information content (AvgIpc) is 3.13. The van der Waals surface area contributed by atoms with Crippen LogP contribution in [0.25, 0.3) is 17.4 Å². The highest BCUT2D eigenvalue weighted by molar-refractivity contribution is 6.13. The number of nitrogens with one attached hydrogen (secondary N) is 1. The van der Waals surface area contributed by atoms with E-state index >= 15 is 0 Å². The number of carboxylic acids is 1. The van der Waals surface area contributed by atoms with Gasteiger partial charge in [0.05, 0.1) is 5.56 Å². The first kappa shape index (κ1) is 15.5. The van der Waals surface area contributed by atoms with Gasteiger partial charge in [-0.05, 0) is 31.2 Å². The van der Waals surface area contributed by atoms with Crippen molar-refractivity contribution in [2.24, 2.45) is 0 Å². The number of carbonyl (C=O) groups is 3. The van der Waals surface area contributed by atoms with Crippen LogP contribution in [-0.4, -0.2) is 34.5 Å². The Labute approximate surface area is 137 Å². The van der Waals surface area contributed by atoms with Crippen LogP contribution in [0.1, 0.15) is 23.0 Å². The summed E-state index contributed by atoms with van der Waals surface area (Å²) in [6.45, 7) is 2.01. The number of aromatic carboxylic acids is 1. The summed E-state index contributed by atoms with van der Waals surface area (Å²) >= 11 is 0. The summed E-state index contributed by atoms with van der Waals surface area (Å²) in [5, 5.41) is 11.4. The molecular formula is C17H14N2O5. The van der Waals surface area contributed by atoms with Gasteiger partial charge in [-0.3, -0.25) is 9.69 Å². The van der Waals surface area contributed by atoms with Gasteiger partial charge in [-0.1, -0.05) is 12.1 Å². The third-order valence-electron chi connectivity index (χ3n) is 3.61. The minimum absolute atomic E-state index is 0.156. The van der Waals surface area contributed by atoms with Crippen LogP contribution in [0.3, 0.4) is 0 Å². The van der Waals surface area contributed by atoms with E-state index in [1.54, 1.807) is 31.2 Å². The first-order valence-corrected chi connectivity index (χ1v) is 7.27. The lowest BCUT2D eigenvalue weighted by Gasteiger charge is -2.05. The smallest absolute Gasteiger partial charge is 0.335 e. The Balaban J connectivity index is 1.83. The molecule has 0 spiro atoms. The number of urea groups is 1. The summed E-state index contributed by atoms with van der Waals surface area (Å²) in [6.07, 6.45) is 1.46. The third-order valence-corrected chi connectivity index (χ3v) is 3.61. The number of imide groups is 1. The van der Waals surface area contributed by atoms with Crippen LogP contribution in [0, 0.1) is 0 Å². The number of hydrogen-bond acceptors (Lipinski definition) is 4. The maximum absolute atomic E-state index is 12.0. The number of likely N-dealkylation sites (N-methyl/N-ethyl adjacent to an activating group) is 1. The number of carbonyl (C=O) groups excluding carboxylic acids is 2. The Morgan fingerprint density at radius 1 is 1.21 bits per heavy atom. The molecule has 1 fully saturated rings. The van der Waals surface area contributed by atoms with Gasteiger partial charge >= 0.3 is 12.0 Å². The van der Waals surface area contributed by atoms with Crippen molar-refractivity contribution in [1.29, 1.82) is 0 Å². The molecule has 0 aliphatic carbocycles. The highest BCUT2D eigenvalue weighted by Crippen LogP contribution is 2.24. The lowest BCUT2D eigenvalue weighted by Crippen LogP contribution is -2.30. The molecule has 7 heteroatoms. The van der Waals surface area contributed by atoms with E-state index in [0.29, 0.717) is 23.6 Å². The molecule has 1 saturated heterocycles. The fourth-order valence-electron chi connectivity index (χ4n) is 2.36. The molecule has 1 aliphatic rings. The summed E-state index contributed by atoms with van der Waals surface area (Å²) in [4.78, 5) is 35.6. The van der Waals surface area contributed by atoms with Crippen LogP contribution in [-0.2, 0) is 4.79 Å². The summed E-state index contributed by atoms with van der Waals surface area (Å²) < 4.78 is 5.64. The summed E-state index contributed by atoms with van der Waals surface area (Å²) in [7, 11) is 0. The molecule has 3 amide bonds. The van der Waals surface area contributed by atoms with Crippen molar-refractivity contribution in [3.63, 3.8) is 0 Å². The zero-order chi connectivity index (χ0) is 17.3. The van der Waals surface area contributed by atoms with Crippen LogP contribution in [0.2, 0.25) is 0 Å². The van der Waals surface area contributed by atoms with E-state index in [0.717, 1.165) is 4.90 Å². The summed E-state index contributed by atoms with van der Waals surface area (Å²) in [5.41, 5.74) is 1.05. The Morgan fingerprint density at radius 3 is 2.50 bits per heavy atom. The quantitative estimate of drug-likeness (QED) is 0.664. The van der Waals surface area contributed by atoms with Crippen molar-refractivity contribution in [3.05, 3.63) is 53.4 Å². The van der Waals surface area contributed by atoms with Crippen molar-refractivity contribution in [3.8, 4) is 11.3 Å². The first-order chi connectivity index (χ1) is 11.5. The summed E-state index contributed by atoms with van der Waals surface area (Å²) in [6, 6.07) is 9.17. The van der Waals surface area contributed by atoms with Gasteiger partial charge in [0, 0.05) is 18.2 Å². The second kappa shape index (κ2) is 6.04. The van der Waals surface area contributed by atoms with Crippen LogP contribution >= 0.6 is 0 Å². The van der Waals surface area contributed by atoms with Crippen LogP contribution in [0.4, 0.5) is 4.79 Å². The van der Waals surface area contributed by atoms with E-state index in [1.165, 1.54) is 18.2 Å². The van der Waals surface area contributed by atoms with Crippen molar-refractivity contribution in [2.45, 2.75) is 6.92 Å². The highest BCUT2D eigenvalue weighted by Gasteiger charge is 2.32. The molecule has 1 aliphatic heterocycles. The van der Waals surface area contributed by atoms with Gasteiger partial charge in [0.15, 0.2) is 0 Å². The van der Waals surface area contributed by atoms with E-state index in [9.17, 15) is 14.4 Å². The first-order valence-electron chi connectivity index (χ1n) is 7.27. The van der Waals surface area contributed by atoms with Gasteiger partial charge in [-0.25, -0.2) is 9.59 Å². The number of rotatable bonds is 4. The molecule has 1 aromatic heterocycles. The fraction of sp³-hybridized carbons (Fsp3) is 0.118. The van der Waals surface area contributed by atoms with Gasteiger partial charge in [0.1, 0.15) is 17.2 Å². The topological polar surface area (TPSA) is 99.8 Å². The minimum atomic E-state index is -0.998.